The number of carbonyl (C=O) groups is 1. The first-order valence-electron chi connectivity index (χ1n) is 10.7. The maximum absolute atomic E-state index is 13.1. The second-order valence-electron chi connectivity index (χ2n) is 8.04. The first kappa shape index (κ1) is 23.9. The Morgan fingerprint density at radius 1 is 0.943 bits per heavy atom. The summed E-state index contributed by atoms with van der Waals surface area (Å²) in [4.78, 5) is 31.3. The molecular formula is C26H23N3O5S. The number of rotatable bonds is 6. The van der Waals surface area contributed by atoms with Gasteiger partial charge in [0.2, 0.25) is 5.88 Å². The first-order valence-corrected chi connectivity index (χ1v) is 12.2. The zero-order valence-corrected chi connectivity index (χ0v) is 20.1. The van der Waals surface area contributed by atoms with E-state index in [1.165, 1.54) is 18.3 Å². The number of hydrogen-bond acceptors (Lipinski definition) is 6. The highest BCUT2D eigenvalue weighted by Gasteiger charge is 2.25. The predicted molar refractivity (Wildman–Crippen MR) is 132 cm³/mol. The summed E-state index contributed by atoms with van der Waals surface area (Å²) in [6.07, 6.45) is 1.30. The number of nitrogens with zero attached hydrogens (tertiary/aromatic N) is 1. The van der Waals surface area contributed by atoms with Gasteiger partial charge in [-0.3, -0.25) is 9.59 Å². The first-order chi connectivity index (χ1) is 16.7. The van der Waals surface area contributed by atoms with Crippen LogP contribution in [0, 0.1) is 20.8 Å². The summed E-state index contributed by atoms with van der Waals surface area (Å²) in [5, 5.41) is 0. The molecule has 0 aliphatic heterocycles. The number of ether oxygens (including phenoxy) is 1. The van der Waals surface area contributed by atoms with E-state index in [9.17, 15) is 18.0 Å². The number of benzene rings is 2. The average Bonchev–Trinajstić information content (AvgIpc) is 2.81. The second kappa shape index (κ2) is 9.55. The Kier molecular flexibility index (Phi) is 6.52. The third-order valence-corrected chi connectivity index (χ3v) is 6.63. The van der Waals surface area contributed by atoms with Crippen molar-refractivity contribution in [1.82, 2.24) is 14.7 Å². The Balaban J connectivity index is 1.78. The van der Waals surface area contributed by atoms with Crippen molar-refractivity contribution >= 4 is 15.9 Å². The molecule has 4 aromatic rings. The Hall–Kier alpha value is -4.24. The highest BCUT2D eigenvalue weighted by Crippen LogP contribution is 2.32. The summed E-state index contributed by atoms with van der Waals surface area (Å²) in [6, 6.07) is 18.7. The largest absolute Gasteiger partial charge is 0.438 e. The van der Waals surface area contributed by atoms with Gasteiger partial charge in [0, 0.05) is 11.8 Å². The van der Waals surface area contributed by atoms with E-state index in [0.29, 0.717) is 11.4 Å². The van der Waals surface area contributed by atoms with Crippen molar-refractivity contribution in [2.24, 2.45) is 0 Å². The third kappa shape index (κ3) is 5.15. The summed E-state index contributed by atoms with van der Waals surface area (Å²) < 4.78 is 33.5. The van der Waals surface area contributed by atoms with Gasteiger partial charge in [-0.1, -0.05) is 48.0 Å². The molecule has 2 N–H and O–H groups in total. The molecule has 0 atom stereocenters. The molecule has 2 aromatic carbocycles. The molecule has 178 valence electrons. The quantitative estimate of drug-likeness (QED) is 0.418. The monoisotopic (exact) mass is 489 g/mol. The molecule has 0 bridgehead atoms. The van der Waals surface area contributed by atoms with Gasteiger partial charge in [-0.2, -0.15) is 0 Å². The number of aromatic amines is 1. The van der Waals surface area contributed by atoms with Crippen LogP contribution in [0.1, 0.15) is 27.0 Å². The molecule has 0 saturated heterocycles. The van der Waals surface area contributed by atoms with Crippen molar-refractivity contribution < 1.29 is 17.9 Å². The van der Waals surface area contributed by atoms with Crippen LogP contribution in [0.25, 0.3) is 11.3 Å². The van der Waals surface area contributed by atoms with Crippen molar-refractivity contribution in [1.29, 1.82) is 0 Å². The standard InChI is InChI=1S/C26H23N3O5S/c1-16-14-17(2)23(18(3)15-16)34-26-20(11-12-21(28-26)19-8-5-4-6-9-19)24(30)29-35(32,33)22-10-7-13-27-25(22)31/h4-15H,1-3H3,(H,27,31)(H,29,30). The van der Waals surface area contributed by atoms with Crippen LogP contribution in [0.5, 0.6) is 11.6 Å². The minimum Gasteiger partial charge on any atom is -0.438 e. The highest BCUT2D eigenvalue weighted by molar-refractivity contribution is 7.90. The lowest BCUT2D eigenvalue weighted by molar-refractivity contribution is 0.0978. The number of H-pyrrole nitrogens is 1. The maximum Gasteiger partial charge on any atom is 0.270 e. The van der Waals surface area contributed by atoms with Crippen LogP contribution in [-0.2, 0) is 10.0 Å². The second-order valence-corrected chi connectivity index (χ2v) is 9.69. The molecule has 4 rings (SSSR count). The number of amides is 1. The van der Waals surface area contributed by atoms with Gasteiger partial charge in [0.1, 0.15) is 11.3 Å². The third-order valence-electron chi connectivity index (χ3n) is 5.28. The van der Waals surface area contributed by atoms with Crippen LogP contribution >= 0.6 is 0 Å². The van der Waals surface area contributed by atoms with E-state index in [0.717, 1.165) is 28.3 Å². The van der Waals surface area contributed by atoms with Crippen LogP contribution < -0.4 is 15.0 Å². The number of nitrogens with one attached hydrogen (secondary N) is 2. The minimum atomic E-state index is -4.44. The molecule has 0 spiro atoms. The summed E-state index contributed by atoms with van der Waals surface area (Å²) in [7, 11) is -4.44. The van der Waals surface area contributed by atoms with Crippen LogP contribution in [0.15, 0.2) is 82.6 Å². The lowest BCUT2D eigenvalue weighted by Gasteiger charge is -2.16. The highest BCUT2D eigenvalue weighted by atomic mass is 32.2. The van der Waals surface area contributed by atoms with Gasteiger partial charge in [0.25, 0.3) is 21.5 Å². The van der Waals surface area contributed by atoms with Crippen LogP contribution in [0.3, 0.4) is 0 Å². The van der Waals surface area contributed by atoms with Gasteiger partial charge < -0.3 is 9.72 Å². The Bertz CT molecular complexity index is 1560. The van der Waals surface area contributed by atoms with E-state index in [2.05, 4.69) is 9.97 Å². The molecule has 8 nitrogen and oxygen atoms in total. The summed E-state index contributed by atoms with van der Waals surface area (Å²) >= 11 is 0. The van der Waals surface area contributed by atoms with E-state index < -0.39 is 26.4 Å². The molecule has 1 amide bonds. The predicted octanol–water partition coefficient (Wildman–Crippen LogP) is 4.27. The van der Waals surface area contributed by atoms with Gasteiger partial charge in [-0.25, -0.2) is 18.1 Å². The number of sulfonamides is 1. The van der Waals surface area contributed by atoms with E-state index in [1.807, 2.05) is 68.0 Å². The summed E-state index contributed by atoms with van der Waals surface area (Å²) in [5.74, 6) is -0.515. The molecule has 35 heavy (non-hydrogen) atoms. The van der Waals surface area contributed by atoms with Crippen LogP contribution in [-0.4, -0.2) is 24.3 Å². The molecule has 0 unspecified atom stereocenters. The van der Waals surface area contributed by atoms with Gasteiger partial charge >= 0.3 is 0 Å². The van der Waals surface area contributed by atoms with Crippen molar-refractivity contribution in [3.63, 3.8) is 0 Å². The number of hydrogen-bond donors (Lipinski definition) is 2. The Morgan fingerprint density at radius 3 is 2.29 bits per heavy atom. The van der Waals surface area contributed by atoms with E-state index in [1.54, 1.807) is 6.07 Å². The summed E-state index contributed by atoms with van der Waals surface area (Å²) in [5.41, 5.74) is 3.13. The van der Waals surface area contributed by atoms with Gasteiger partial charge in [0.05, 0.1) is 5.69 Å². The molecule has 0 radical (unpaired) electrons. The lowest BCUT2D eigenvalue weighted by atomic mass is 10.1. The van der Waals surface area contributed by atoms with Crippen molar-refractivity contribution in [2.45, 2.75) is 25.7 Å². The Morgan fingerprint density at radius 2 is 1.63 bits per heavy atom. The Labute approximate surface area is 202 Å². The van der Waals surface area contributed by atoms with Crippen LogP contribution in [0.2, 0.25) is 0 Å². The van der Waals surface area contributed by atoms with Gasteiger partial charge in [-0.05, 0) is 56.2 Å². The molecule has 0 aliphatic carbocycles. The smallest absolute Gasteiger partial charge is 0.270 e. The summed E-state index contributed by atoms with van der Waals surface area (Å²) in [6.45, 7) is 5.72. The normalized spacial score (nSPS) is 11.2. The topological polar surface area (TPSA) is 118 Å². The lowest BCUT2D eigenvalue weighted by Crippen LogP contribution is -2.34. The average molecular weight is 490 g/mol. The molecule has 2 aromatic heterocycles. The maximum atomic E-state index is 13.1. The van der Waals surface area contributed by atoms with Crippen molar-refractivity contribution in [3.05, 3.63) is 106 Å². The van der Waals surface area contributed by atoms with Crippen molar-refractivity contribution in [3.8, 4) is 22.9 Å². The zero-order chi connectivity index (χ0) is 25.2. The van der Waals surface area contributed by atoms with E-state index in [4.69, 9.17) is 4.74 Å². The number of aromatic nitrogens is 2. The fourth-order valence-corrected chi connectivity index (χ4v) is 4.76. The molecule has 0 saturated carbocycles. The fraction of sp³-hybridized carbons (Fsp3) is 0.115. The molecule has 2 heterocycles. The van der Waals surface area contributed by atoms with Crippen molar-refractivity contribution in [2.75, 3.05) is 0 Å². The van der Waals surface area contributed by atoms with Gasteiger partial charge in [0.15, 0.2) is 4.90 Å². The molecule has 0 aliphatic rings. The van der Waals surface area contributed by atoms with Gasteiger partial charge in [-0.15, -0.1) is 0 Å². The molecule has 9 heteroatoms. The number of aryl methyl sites for hydroxylation is 3. The zero-order valence-electron chi connectivity index (χ0n) is 19.3. The van der Waals surface area contributed by atoms with E-state index >= 15 is 0 Å². The number of carbonyl (C=O) groups excluding carboxylic acids is 1. The SMILES string of the molecule is Cc1cc(C)c(Oc2nc(-c3ccccc3)ccc2C(=O)NS(=O)(=O)c2ccc[nH]c2=O)c(C)c1. The van der Waals surface area contributed by atoms with Crippen LogP contribution in [0.4, 0.5) is 0 Å². The van der Waals surface area contributed by atoms with E-state index in [-0.39, 0.29) is 11.4 Å². The number of pyridine rings is 2. The minimum absolute atomic E-state index is 0.0592. The fourth-order valence-electron chi connectivity index (χ4n) is 3.73. The molecular weight excluding hydrogens is 466 g/mol. The molecule has 0 fully saturated rings.